The highest BCUT2D eigenvalue weighted by molar-refractivity contribution is 6.14. The molecule has 2 nitrogen and oxygen atoms in total. The average Bonchev–Trinajstić information content (AvgIpc) is 3.48. The fourth-order valence-electron chi connectivity index (χ4n) is 4.79. The van der Waals surface area contributed by atoms with Gasteiger partial charge in [0.15, 0.2) is 0 Å². The van der Waals surface area contributed by atoms with Crippen LogP contribution >= 0.6 is 0 Å². The first-order chi connectivity index (χ1) is 23.3. The van der Waals surface area contributed by atoms with Crippen LogP contribution in [0.1, 0.15) is 17.8 Å². The van der Waals surface area contributed by atoms with Crippen LogP contribution in [0.5, 0.6) is 11.5 Å². The molecule has 2 heterocycles. The standard InChI is InChI=1S/C34H20O2/c1-2-11-24(26-14-8-18-32-34(26)27-13-4-6-16-30(27)36-32)23(10-1)22-19-21-9-7-17-31-33(21)28(20-22)25-12-3-5-15-29(25)35-31/h1-20H/i1D,2D,3D,5D,7D,9D,10D,11D,12D,15D,17D,19D,20D. The lowest BCUT2D eigenvalue weighted by atomic mass is 9.87. The molecule has 0 bridgehead atoms. The highest BCUT2D eigenvalue weighted by Gasteiger charge is 2.22. The largest absolute Gasteiger partial charge is 0.456 e. The number of hydrogen-bond donors (Lipinski definition) is 0. The molecule has 0 radical (unpaired) electrons. The molecule has 0 atom stereocenters. The maximum absolute atomic E-state index is 9.60. The van der Waals surface area contributed by atoms with Crippen LogP contribution in [-0.2, 0) is 0 Å². The number of ether oxygens (including phenoxy) is 1. The Morgan fingerprint density at radius 3 is 2.25 bits per heavy atom. The third-order valence-corrected chi connectivity index (χ3v) is 6.31. The molecule has 0 unspecified atom stereocenters. The van der Waals surface area contributed by atoms with E-state index in [0.717, 1.165) is 0 Å². The zero-order valence-electron chi connectivity index (χ0n) is 31.4. The molecule has 0 saturated carbocycles. The Morgan fingerprint density at radius 2 is 1.31 bits per heavy atom. The van der Waals surface area contributed by atoms with Crippen LogP contribution < -0.4 is 4.74 Å². The van der Waals surface area contributed by atoms with Gasteiger partial charge in [0.05, 0.1) is 17.8 Å². The minimum Gasteiger partial charge on any atom is -0.456 e. The zero-order valence-corrected chi connectivity index (χ0v) is 18.4. The first-order valence-electron chi connectivity index (χ1n) is 17.6. The minimum absolute atomic E-state index is 0.0612. The molecule has 0 amide bonds. The Morgan fingerprint density at radius 1 is 0.528 bits per heavy atom. The van der Waals surface area contributed by atoms with Gasteiger partial charge in [0.25, 0.3) is 0 Å². The van der Waals surface area contributed by atoms with Gasteiger partial charge in [-0.3, -0.25) is 0 Å². The Labute approximate surface area is 226 Å². The van der Waals surface area contributed by atoms with Crippen molar-refractivity contribution in [3.63, 3.8) is 0 Å². The molecule has 168 valence electrons. The number of para-hydroxylation sites is 2. The van der Waals surface area contributed by atoms with Gasteiger partial charge in [0.2, 0.25) is 0 Å². The van der Waals surface area contributed by atoms with E-state index in [-0.39, 0.29) is 44.3 Å². The summed E-state index contributed by atoms with van der Waals surface area (Å²) in [6.07, 6.45) is 0. The fourth-order valence-corrected chi connectivity index (χ4v) is 4.79. The zero-order chi connectivity index (χ0) is 35.0. The van der Waals surface area contributed by atoms with Gasteiger partial charge in [-0.1, -0.05) is 84.7 Å². The van der Waals surface area contributed by atoms with Gasteiger partial charge in [-0.25, -0.2) is 0 Å². The van der Waals surface area contributed by atoms with Crippen LogP contribution in [0.2, 0.25) is 0 Å². The lowest BCUT2D eigenvalue weighted by Gasteiger charge is -2.22. The molecule has 1 aliphatic rings. The van der Waals surface area contributed by atoms with E-state index in [4.69, 9.17) is 24.2 Å². The van der Waals surface area contributed by atoms with E-state index in [1.54, 1.807) is 42.5 Å². The van der Waals surface area contributed by atoms with E-state index in [1.807, 2.05) is 0 Å². The molecule has 0 saturated heterocycles. The molecule has 7 aromatic rings. The summed E-state index contributed by atoms with van der Waals surface area (Å²) in [6, 6.07) is 4.49. The predicted molar refractivity (Wildman–Crippen MR) is 148 cm³/mol. The molecule has 1 aliphatic heterocycles. The summed E-state index contributed by atoms with van der Waals surface area (Å²) in [5, 5.41) is 0.750. The van der Waals surface area contributed by atoms with Crippen molar-refractivity contribution in [1.29, 1.82) is 0 Å². The normalized spacial score (nSPS) is 17.2. The summed E-state index contributed by atoms with van der Waals surface area (Å²) in [4.78, 5) is 0. The van der Waals surface area contributed by atoms with Crippen LogP contribution in [0.15, 0.2) is 125 Å². The fraction of sp³-hybridized carbons (Fsp3) is 0. The smallest absolute Gasteiger partial charge is 0.136 e. The van der Waals surface area contributed by atoms with Crippen LogP contribution in [0.3, 0.4) is 0 Å². The highest BCUT2D eigenvalue weighted by Crippen LogP contribution is 2.49. The Hall–Kier alpha value is -4.82. The van der Waals surface area contributed by atoms with E-state index in [9.17, 15) is 2.74 Å². The van der Waals surface area contributed by atoms with E-state index >= 15 is 0 Å². The monoisotopic (exact) mass is 473 g/mol. The van der Waals surface area contributed by atoms with Crippen molar-refractivity contribution in [3.05, 3.63) is 121 Å². The molecule has 0 spiro atoms. The van der Waals surface area contributed by atoms with Crippen molar-refractivity contribution in [1.82, 2.24) is 0 Å². The molecular formula is C34H20O2. The summed E-state index contributed by atoms with van der Waals surface area (Å²) in [5.74, 6) is -0.769. The van der Waals surface area contributed by atoms with Crippen molar-refractivity contribution < 1.29 is 27.0 Å². The Bertz CT molecular complexity index is 2680. The van der Waals surface area contributed by atoms with Crippen LogP contribution in [0.25, 0.3) is 66.1 Å². The first kappa shape index (κ1) is 10.8. The molecule has 2 heteroatoms. The third kappa shape index (κ3) is 2.73. The Balaban J connectivity index is 1.63. The third-order valence-electron chi connectivity index (χ3n) is 6.31. The lowest BCUT2D eigenvalue weighted by Crippen LogP contribution is -1.97. The summed E-state index contributed by atoms with van der Waals surface area (Å²) in [5.41, 5.74) is 0.111. The van der Waals surface area contributed by atoms with Gasteiger partial charge in [-0.2, -0.15) is 0 Å². The van der Waals surface area contributed by atoms with Crippen LogP contribution in [-0.4, -0.2) is 0 Å². The average molecular weight is 474 g/mol. The second-order valence-corrected chi connectivity index (χ2v) is 8.29. The molecule has 6 aromatic carbocycles. The van der Waals surface area contributed by atoms with Crippen molar-refractivity contribution in [2.75, 3.05) is 0 Å². The summed E-state index contributed by atoms with van der Waals surface area (Å²) in [7, 11) is 0. The molecular weight excluding hydrogens is 440 g/mol. The van der Waals surface area contributed by atoms with E-state index < -0.39 is 84.3 Å². The van der Waals surface area contributed by atoms with Crippen LogP contribution in [0.4, 0.5) is 0 Å². The number of benzene rings is 6. The number of rotatable bonds is 2. The maximum Gasteiger partial charge on any atom is 0.136 e. The Kier molecular flexibility index (Phi) is 2.21. The SMILES string of the molecule is [2H]c1c([2H])c([2H])c2c(c1[2H])Oc1c([2H])c([2H])c([2H])c3c([2H])c(-c4c([2H])c([2H])c([2H])c([2H])c4-c4cccc5oc6ccccc6c45)c([2H])c-2c13. The maximum atomic E-state index is 9.60. The summed E-state index contributed by atoms with van der Waals surface area (Å²) >= 11 is 0. The number of fused-ring (bicyclic) bond motifs is 5. The van der Waals surface area contributed by atoms with Gasteiger partial charge < -0.3 is 9.15 Å². The molecule has 0 fully saturated rings. The first-order valence-corrected chi connectivity index (χ1v) is 11.1. The van der Waals surface area contributed by atoms with Crippen molar-refractivity contribution in [2.45, 2.75) is 0 Å². The van der Waals surface area contributed by atoms with Crippen molar-refractivity contribution >= 4 is 32.7 Å². The van der Waals surface area contributed by atoms with Gasteiger partial charge >= 0.3 is 0 Å². The highest BCUT2D eigenvalue weighted by atomic mass is 16.5. The quantitative estimate of drug-likeness (QED) is 0.249. The number of furan rings is 1. The summed E-state index contributed by atoms with van der Waals surface area (Å²) < 4.78 is 126. The van der Waals surface area contributed by atoms with Gasteiger partial charge in [0, 0.05) is 21.7 Å². The van der Waals surface area contributed by atoms with Gasteiger partial charge in [0.1, 0.15) is 22.7 Å². The number of hydrogen-bond acceptors (Lipinski definition) is 2. The molecule has 0 aliphatic carbocycles. The van der Waals surface area contributed by atoms with Gasteiger partial charge in [-0.15, -0.1) is 0 Å². The molecule has 1 aromatic heterocycles. The van der Waals surface area contributed by atoms with E-state index in [0.29, 0.717) is 27.5 Å². The van der Waals surface area contributed by atoms with Gasteiger partial charge in [-0.05, 0) is 69.5 Å². The van der Waals surface area contributed by atoms with E-state index in [2.05, 4.69) is 0 Å². The van der Waals surface area contributed by atoms with E-state index in [1.165, 1.54) is 0 Å². The molecule has 0 N–H and O–H groups in total. The lowest BCUT2D eigenvalue weighted by molar-refractivity contribution is 0.487. The molecule has 36 heavy (non-hydrogen) atoms. The van der Waals surface area contributed by atoms with Crippen LogP contribution in [0, 0.1) is 0 Å². The molecule has 8 rings (SSSR count). The minimum atomic E-state index is -0.652. The second kappa shape index (κ2) is 7.34. The summed E-state index contributed by atoms with van der Waals surface area (Å²) in [6.45, 7) is 0. The predicted octanol–water partition coefficient (Wildman–Crippen LogP) is 9.85. The second-order valence-electron chi connectivity index (χ2n) is 8.29. The topological polar surface area (TPSA) is 22.4 Å². The van der Waals surface area contributed by atoms with Crippen molar-refractivity contribution in [3.8, 4) is 44.9 Å². The van der Waals surface area contributed by atoms with Crippen molar-refractivity contribution in [2.24, 2.45) is 0 Å².